The van der Waals surface area contributed by atoms with E-state index in [9.17, 15) is 0 Å². The van der Waals surface area contributed by atoms with Crippen LogP contribution in [0.1, 0.15) is 11.1 Å². The zero-order chi connectivity index (χ0) is 18.9. The van der Waals surface area contributed by atoms with Crippen LogP contribution in [0.2, 0.25) is 0 Å². The van der Waals surface area contributed by atoms with E-state index in [0.29, 0.717) is 0 Å². The van der Waals surface area contributed by atoms with Gasteiger partial charge in [-0.05, 0) is 47.4 Å². The average molecular weight is 364 g/mol. The Morgan fingerprint density at radius 1 is 0.857 bits per heavy atom. The maximum atomic E-state index is 4.48. The van der Waals surface area contributed by atoms with Crippen LogP contribution < -0.4 is 0 Å². The molecule has 5 aromatic rings. The van der Waals surface area contributed by atoms with Gasteiger partial charge in [0.05, 0.1) is 23.7 Å². The number of aryl methyl sites for hydroxylation is 1. The Bertz CT molecular complexity index is 1230. The Morgan fingerprint density at radius 3 is 2.50 bits per heavy atom. The van der Waals surface area contributed by atoms with Gasteiger partial charge in [0.1, 0.15) is 0 Å². The second-order valence-corrected chi connectivity index (χ2v) is 7.03. The molecule has 0 saturated heterocycles. The third-order valence-electron chi connectivity index (χ3n) is 5.16. The zero-order valence-electron chi connectivity index (χ0n) is 15.7. The number of imidazole rings is 2. The molecule has 0 amide bonds. The maximum absolute atomic E-state index is 4.48. The molecule has 0 fully saturated rings. The second kappa shape index (κ2) is 6.82. The van der Waals surface area contributed by atoms with E-state index in [-0.39, 0.29) is 0 Å². The summed E-state index contributed by atoms with van der Waals surface area (Å²) in [6.07, 6.45) is 7.53. The highest BCUT2D eigenvalue weighted by Gasteiger charge is 2.06. The van der Waals surface area contributed by atoms with Crippen LogP contribution in [-0.2, 0) is 6.54 Å². The standard InChI is InChI=1S/C24H20N4/c1-18-6-9-21(14-24(18)27-13-12-25-16-27)20-10-7-19(8-11-20)15-28-17-26-22-4-2-3-5-23(22)28/h2-14,16-17H,15H2,1H3. The molecule has 0 aliphatic heterocycles. The summed E-state index contributed by atoms with van der Waals surface area (Å²) in [5, 5.41) is 0. The maximum Gasteiger partial charge on any atom is 0.0991 e. The number of para-hydroxylation sites is 2. The number of fused-ring (bicyclic) bond motifs is 1. The molecule has 0 saturated carbocycles. The lowest BCUT2D eigenvalue weighted by Gasteiger charge is -2.11. The summed E-state index contributed by atoms with van der Waals surface area (Å²) in [6.45, 7) is 2.94. The van der Waals surface area contributed by atoms with Crippen LogP contribution in [0.25, 0.3) is 27.8 Å². The highest BCUT2D eigenvalue weighted by Crippen LogP contribution is 2.25. The monoisotopic (exact) mass is 364 g/mol. The number of hydrogen-bond acceptors (Lipinski definition) is 2. The normalized spacial score (nSPS) is 11.2. The van der Waals surface area contributed by atoms with Crippen LogP contribution in [0.3, 0.4) is 0 Å². The zero-order valence-corrected chi connectivity index (χ0v) is 15.7. The largest absolute Gasteiger partial charge is 0.326 e. The van der Waals surface area contributed by atoms with Crippen LogP contribution in [-0.4, -0.2) is 19.1 Å². The Balaban J connectivity index is 1.43. The van der Waals surface area contributed by atoms with Crippen molar-refractivity contribution in [3.63, 3.8) is 0 Å². The van der Waals surface area contributed by atoms with Gasteiger partial charge in [-0.25, -0.2) is 9.97 Å². The summed E-state index contributed by atoms with van der Waals surface area (Å²) in [6, 6.07) is 23.6. The lowest BCUT2D eigenvalue weighted by Crippen LogP contribution is -1.98. The van der Waals surface area contributed by atoms with Crippen LogP contribution in [0, 0.1) is 6.92 Å². The SMILES string of the molecule is Cc1ccc(-c2ccc(Cn3cnc4ccccc43)cc2)cc1-n1ccnc1. The topological polar surface area (TPSA) is 35.6 Å². The molecule has 0 atom stereocenters. The first kappa shape index (κ1) is 16.5. The summed E-state index contributed by atoms with van der Waals surface area (Å²) in [5.74, 6) is 0. The van der Waals surface area contributed by atoms with Gasteiger partial charge in [-0.15, -0.1) is 0 Å². The second-order valence-electron chi connectivity index (χ2n) is 7.03. The van der Waals surface area contributed by atoms with Crippen molar-refractivity contribution in [2.24, 2.45) is 0 Å². The van der Waals surface area contributed by atoms with Gasteiger partial charge in [0.25, 0.3) is 0 Å². The van der Waals surface area contributed by atoms with E-state index in [0.717, 1.165) is 23.3 Å². The summed E-state index contributed by atoms with van der Waals surface area (Å²) < 4.78 is 4.24. The summed E-state index contributed by atoms with van der Waals surface area (Å²) >= 11 is 0. The summed E-state index contributed by atoms with van der Waals surface area (Å²) in [5.41, 5.74) is 8.25. The van der Waals surface area contributed by atoms with Crippen molar-refractivity contribution < 1.29 is 0 Å². The van der Waals surface area contributed by atoms with E-state index in [2.05, 4.69) is 80.6 Å². The van der Waals surface area contributed by atoms with E-state index in [1.165, 1.54) is 22.3 Å². The minimum Gasteiger partial charge on any atom is -0.326 e. The molecule has 0 aliphatic rings. The summed E-state index contributed by atoms with van der Waals surface area (Å²) in [7, 11) is 0. The molecule has 5 rings (SSSR count). The first-order chi connectivity index (χ1) is 13.8. The van der Waals surface area contributed by atoms with Gasteiger partial charge in [0, 0.05) is 24.6 Å². The van der Waals surface area contributed by atoms with Crippen LogP contribution in [0.5, 0.6) is 0 Å². The van der Waals surface area contributed by atoms with Crippen LogP contribution in [0.15, 0.2) is 91.8 Å². The molecule has 0 radical (unpaired) electrons. The summed E-state index contributed by atoms with van der Waals surface area (Å²) in [4.78, 5) is 8.64. The number of benzene rings is 3. The van der Waals surface area contributed by atoms with Gasteiger partial charge in [-0.3, -0.25) is 0 Å². The molecule has 4 nitrogen and oxygen atoms in total. The van der Waals surface area contributed by atoms with Gasteiger partial charge >= 0.3 is 0 Å². The van der Waals surface area contributed by atoms with E-state index < -0.39 is 0 Å². The van der Waals surface area contributed by atoms with Crippen molar-refractivity contribution >= 4 is 11.0 Å². The van der Waals surface area contributed by atoms with Crippen molar-refractivity contribution in [3.05, 3.63) is 103 Å². The Morgan fingerprint density at radius 2 is 1.68 bits per heavy atom. The highest BCUT2D eigenvalue weighted by molar-refractivity contribution is 5.75. The quantitative estimate of drug-likeness (QED) is 0.437. The first-order valence-corrected chi connectivity index (χ1v) is 9.36. The van der Waals surface area contributed by atoms with Gasteiger partial charge in [-0.1, -0.05) is 48.5 Å². The van der Waals surface area contributed by atoms with Gasteiger partial charge in [0.15, 0.2) is 0 Å². The molecule has 0 N–H and O–H groups in total. The average Bonchev–Trinajstić information content (AvgIpc) is 3.40. The molecule has 136 valence electrons. The van der Waals surface area contributed by atoms with Crippen molar-refractivity contribution in [3.8, 4) is 16.8 Å². The molecule has 2 heterocycles. The fourth-order valence-electron chi connectivity index (χ4n) is 3.60. The molecule has 0 unspecified atom stereocenters. The minimum atomic E-state index is 0.814. The van der Waals surface area contributed by atoms with Crippen molar-refractivity contribution in [1.82, 2.24) is 19.1 Å². The third kappa shape index (κ3) is 2.99. The smallest absolute Gasteiger partial charge is 0.0991 e. The van der Waals surface area contributed by atoms with Gasteiger partial charge < -0.3 is 9.13 Å². The number of nitrogens with zero attached hydrogens (tertiary/aromatic N) is 4. The first-order valence-electron chi connectivity index (χ1n) is 9.36. The van der Waals surface area contributed by atoms with Crippen molar-refractivity contribution in [2.75, 3.05) is 0 Å². The Labute approximate surface area is 163 Å². The lowest BCUT2D eigenvalue weighted by atomic mass is 10.0. The van der Waals surface area contributed by atoms with E-state index in [1.54, 1.807) is 6.20 Å². The van der Waals surface area contributed by atoms with E-state index >= 15 is 0 Å². The Hall–Kier alpha value is -3.66. The molecule has 3 aromatic carbocycles. The minimum absolute atomic E-state index is 0.814. The van der Waals surface area contributed by atoms with Crippen LogP contribution in [0.4, 0.5) is 0 Å². The fourth-order valence-corrected chi connectivity index (χ4v) is 3.60. The van der Waals surface area contributed by atoms with Crippen molar-refractivity contribution in [1.29, 1.82) is 0 Å². The predicted octanol–water partition coefficient (Wildman–Crippen LogP) is 5.25. The number of aromatic nitrogens is 4. The van der Waals surface area contributed by atoms with Gasteiger partial charge in [0.2, 0.25) is 0 Å². The Kier molecular flexibility index (Phi) is 4.02. The molecular formula is C24H20N4. The molecule has 0 bridgehead atoms. The molecule has 28 heavy (non-hydrogen) atoms. The molecule has 0 aliphatic carbocycles. The number of hydrogen-bond donors (Lipinski definition) is 0. The van der Waals surface area contributed by atoms with Gasteiger partial charge in [-0.2, -0.15) is 0 Å². The number of rotatable bonds is 4. The fraction of sp³-hybridized carbons (Fsp3) is 0.0833. The molecule has 0 spiro atoms. The van der Waals surface area contributed by atoms with Crippen LogP contribution >= 0.6 is 0 Å². The lowest BCUT2D eigenvalue weighted by molar-refractivity contribution is 0.825. The van der Waals surface area contributed by atoms with E-state index in [1.807, 2.05) is 31.0 Å². The molecule has 4 heteroatoms. The molecular weight excluding hydrogens is 344 g/mol. The van der Waals surface area contributed by atoms with Crippen molar-refractivity contribution in [2.45, 2.75) is 13.5 Å². The molecule has 2 aromatic heterocycles. The predicted molar refractivity (Wildman–Crippen MR) is 113 cm³/mol. The third-order valence-corrected chi connectivity index (χ3v) is 5.16. The van der Waals surface area contributed by atoms with E-state index in [4.69, 9.17) is 0 Å². The highest BCUT2D eigenvalue weighted by atomic mass is 15.0.